The van der Waals surface area contributed by atoms with E-state index in [1.807, 2.05) is 11.9 Å². The van der Waals surface area contributed by atoms with Crippen molar-refractivity contribution in [2.45, 2.75) is 13.3 Å². The van der Waals surface area contributed by atoms with Gasteiger partial charge in [0.15, 0.2) is 5.96 Å². The van der Waals surface area contributed by atoms with E-state index in [1.54, 1.807) is 18.4 Å². The molecule has 5 nitrogen and oxygen atoms in total. The van der Waals surface area contributed by atoms with E-state index in [0.29, 0.717) is 5.96 Å². The van der Waals surface area contributed by atoms with Gasteiger partial charge in [0.2, 0.25) is 5.96 Å². The van der Waals surface area contributed by atoms with Crippen LogP contribution >= 0.6 is 11.3 Å². The maximum absolute atomic E-state index is 5.78. The molecule has 1 heterocycles. The van der Waals surface area contributed by atoms with Crippen LogP contribution in [-0.4, -0.2) is 37.5 Å². The Labute approximate surface area is 106 Å². The van der Waals surface area contributed by atoms with E-state index in [2.05, 4.69) is 29.0 Å². The fourth-order valence-electron chi connectivity index (χ4n) is 1.26. The molecule has 0 aliphatic heterocycles. The summed E-state index contributed by atoms with van der Waals surface area (Å²) in [6.45, 7) is 2.92. The van der Waals surface area contributed by atoms with Gasteiger partial charge in [0.05, 0.1) is 0 Å². The SMILES string of the molecule is CN=C(N)N=C(N)N(C)CCc1ccc(C)s1. The first-order valence-electron chi connectivity index (χ1n) is 5.35. The van der Waals surface area contributed by atoms with Crippen molar-refractivity contribution in [3.8, 4) is 0 Å². The predicted octanol–water partition coefficient (Wildman–Crippen LogP) is 0.790. The summed E-state index contributed by atoms with van der Waals surface area (Å²) in [5.74, 6) is 0.586. The third kappa shape index (κ3) is 4.44. The molecule has 94 valence electrons. The third-order valence-electron chi connectivity index (χ3n) is 2.34. The summed E-state index contributed by atoms with van der Waals surface area (Å²) in [6, 6.07) is 4.27. The van der Waals surface area contributed by atoms with Gasteiger partial charge in [-0.25, -0.2) is 0 Å². The molecule has 4 N–H and O–H groups in total. The largest absolute Gasteiger partial charge is 0.369 e. The fraction of sp³-hybridized carbons (Fsp3) is 0.455. The highest BCUT2D eigenvalue weighted by molar-refractivity contribution is 7.11. The Hall–Kier alpha value is -1.56. The maximum atomic E-state index is 5.78. The minimum absolute atomic E-state index is 0.196. The normalized spacial score (nSPS) is 12.9. The van der Waals surface area contributed by atoms with Crippen LogP contribution in [0, 0.1) is 6.92 Å². The van der Waals surface area contributed by atoms with E-state index in [4.69, 9.17) is 11.5 Å². The van der Waals surface area contributed by atoms with E-state index in [-0.39, 0.29) is 5.96 Å². The highest BCUT2D eigenvalue weighted by Crippen LogP contribution is 2.15. The summed E-state index contributed by atoms with van der Waals surface area (Å²) in [4.78, 5) is 12.2. The summed E-state index contributed by atoms with van der Waals surface area (Å²) in [7, 11) is 3.47. The number of aliphatic imine (C=N–C) groups is 2. The van der Waals surface area contributed by atoms with Gasteiger partial charge < -0.3 is 16.4 Å². The van der Waals surface area contributed by atoms with Crippen molar-refractivity contribution < 1.29 is 0 Å². The molecule has 0 aromatic carbocycles. The van der Waals surface area contributed by atoms with Crippen molar-refractivity contribution in [1.29, 1.82) is 0 Å². The standard InChI is InChI=1S/C11H19N5S/c1-8-4-5-9(17-8)6-7-16(3)11(13)15-10(12)14-2/h4-5H,6-7H2,1-3H3,(H4,12,13,14,15). The van der Waals surface area contributed by atoms with E-state index in [1.165, 1.54) is 9.75 Å². The van der Waals surface area contributed by atoms with E-state index >= 15 is 0 Å². The molecule has 0 fully saturated rings. The number of likely N-dealkylation sites (N-methyl/N-ethyl adjacent to an activating group) is 1. The van der Waals surface area contributed by atoms with Gasteiger partial charge in [0.1, 0.15) is 0 Å². The van der Waals surface area contributed by atoms with Crippen LogP contribution in [0.25, 0.3) is 0 Å². The first-order chi connectivity index (χ1) is 8.02. The second-order valence-electron chi connectivity index (χ2n) is 3.74. The molecule has 17 heavy (non-hydrogen) atoms. The summed E-state index contributed by atoms with van der Waals surface area (Å²) in [5.41, 5.74) is 11.3. The van der Waals surface area contributed by atoms with Gasteiger partial charge in [-0.05, 0) is 25.5 Å². The summed E-state index contributed by atoms with van der Waals surface area (Å²) in [6.07, 6.45) is 0.953. The quantitative estimate of drug-likeness (QED) is 0.617. The van der Waals surface area contributed by atoms with Gasteiger partial charge >= 0.3 is 0 Å². The van der Waals surface area contributed by atoms with Gasteiger partial charge in [0.25, 0.3) is 0 Å². The van der Waals surface area contributed by atoms with Crippen molar-refractivity contribution in [2.75, 3.05) is 20.6 Å². The number of hydrogen-bond acceptors (Lipinski definition) is 2. The molecule has 0 radical (unpaired) electrons. The predicted molar refractivity (Wildman–Crippen MR) is 74.6 cm³/mol. The van der Waals surface area contributed by atoms with Crippen LogP contribution in [0.2, 0.25) is 0 Å². The highest BCUT2D eigenvalue weighted by Gasteiger charge is 2.04. The lowest BCUT2D eigenvalue weighted by atomic mass is 10.3. The second kappa shape index (κ2) is 6.24. The van der Waals surface area contributed by atoms with Gasteiger partial charge in [-0.1, -0.05) is 0 Å². The van der Waals surface area contributed by atoms with Crippen molar-refractivity contribution in [3.63, 3.8) is 0 Å². The first-order valence-corrected chi connectivity index (χ1v) is 6.17. The number of hydrogen-bond donors (Lipinski definition) is 2. The molecule has 1 rings (SSSR count). The molecular formula is C11H19N5S. The van der Waals surface area contributed by atoms with Crippen LogP contribution in [0.5, 0.6) is 0 Å². The van der Waals surface area contributed by atoms with Crippen molar-refractivity contribution >= 4 is 23.3 Å². The van der Waals surface area contributed by atoms with E-state index in [9.17, 15) is 0 Å². The van der Waals surface area contributed by atoms with Crippen molar-refractivity contribution in [1.82, 2.24) is 4.90 Å². The zero-order chi connectivity index (χ0) is 12.8. The molecule has 0 saturated carbocycles. The molecule has 1 aromatic heterocycles. The number of thiophene rings is 1. The van der Waals surface area contributed by atoms with E-state index in [0.717, 1.165) is 13.0 Å². The highest BCUT2D eigenvalue weighted by atomic mass is 32.1. The van der Waals surface area contributed by atoms with Crippen LogP contribution in [0.1, 0.15) is 9.75 Å². The van der Waals surface area contributed by atoms with Gasteiger partial charge in [-0.15, -0.1) is 11.3 Å². The van der Waals surface area contributed by atoms with Crippen LogP contribution in [0.4, 0.5) is 0 Å². The molecule has 0 bridgehead atoms. The average molecular weight is 253 g/mol. The van der Waals surface area contributed by atoms with Crippen molar-refractivity contribution in [3.05, 3.63) is 21.9 Å². The average Bonchev–Trinajstić information content (AvgIpc) is 2.71. The summed E-state index contributed by atoms with van der Waals surface area (Å²) >= 11 is 1.80. The Kier molecular flexibility index (Phi) is 4.96. The Balaban J connectivity index is 2.49. The number of nitrogens with zero attached hydrogens (tertiary/aromatic N) is 3. The monoisotopic (exact) mass is 253 g/mol. The molecule has 0 aliphatic carbocycles. The molecule has 0 unspecified atom stereocenters. The Morgan fingerprint density at radius 3 is 2.65 bits per heavy atom. The lowest BCUT2D eigenvalue weighted by Crippen LogP contribution is -2.36. The van der Waals surface area contributed by atoms with Crippen LogP contribution in [0.3, 0.4) is 0 Å². The molecule has 0 amide bonds. The number of guanidine groups is 2. The third-order valence-corrected chi connectivity index (χ3v) is 3.40. The topological polar surface area (TPSA) is 80.0 Å². The Morgan fingerprint density at radius 1 is 1.41 bits per heavy atom. The van der Waals surface area contributed by atoms with Crippen LogP contribution < -0.4 is 11.5 Å². The summed E-state index contributed by atoms with van der Waals surface area (Å²) < 4.78 is 0. The maximum Gasteiger partial charge on any atom is 0.218 e. The van der Waals surface area contributed by atoms with Gasteiger partial charge in [0, 0.05) is 30.4 Å². The van der Waals surface area contributed by atoms with Gasteiger partial charge in [-0.2, -0.15) is 4.99 Å². The van der Waals surface area contributed by atoms with Gasteiger partial charge in [-0.3, -0.25) is 4.99 Å². The molecule has 1 aromatic rings. The van der Waals surface area contributed by atoms with Crippen LogP contribution in [-0.2, 0) is 6.42 Å². The molecule has 0 spiro atoms. The minimum atomic E-state index is 0.196. The smallest absolute Gasteiger partial charge is 0.218 e. The second-order valence-corrected chi connectivity index (χ2v) is 5.11. The zero-order valence-corrected chi connectivity index (χ0v) is 11.3. The lowest BCUT2D eigenvalue weighted by Gasteiger charge is -2.17. The first kappa shape index (κ1) is 13.5. The van der Waals surface area contributed by atoms with Crippen LogP contribution in [0.15, 0.2) is 22.1 Å². The van der Waals surface area contributed by atoms with E-state index < -0.39 is 0 Å². The molecule has 0 saturated heterocycles. The molecular weight excluding hydrogens is 234 g/mol. The summed E-state index contributed by atoms with van der Waals surface area (Å²) in [5, 5.41) is 0. The minimum Gasteiger partial charge on any atom is -0.369 e. The fourth-order valence-corrected chi connectivity index (χ4v) is 2.14. The molecule has 6 heteroatoms. The number of aryl methyl sites for hydroxylation is 1. The number of nitrogens with two attached hydrogens (primary N) is 2. The van der Waals surface area contributed by atoms with Crippen molar-refractivity contribution in [2.24, 2.45) is 21.5 Å². The lowest BCUT2D eigenvalue weighted by molar-refractivity contribution is 0.505. The zero-order valence-electron chi connectivity index (χ0n) is 10.5. The molecule has 0 atom stereocenters. The Morgan fingerprint density at radius 2 is 2.12 bits per heavy atom. The Bertz CT molecular complexity index is 421. The molecule has 0 aliphatic rings. The number of rotatable bonds is 3.